The second kappa shape index (κ2) is 5.83. The summed E-state index contributed by atoms with van der Waals surface area (Å²) in [6.45, 7) is 3.18. The molecule has 1 aromatic rings. The van der Waals surface area contributed by atoms with Gasteiger partial charge in [-0.1, -0.05) is 24.6 Å². The molecule has 17 heavy (non-hydrogen) atoms. The first-order chi connectivity index (χ1) is 8.16. The van der Waals surface area contributed by atoms with Gasteiger partial charge in [0.2, 0.25) is 0 Å². The first-order valence-electron chi connectivity index (χ1n) is 6.33. The Morgan fingerprint density at radius 1 is 1.47 bits per heavy atom. The summed E-state index contributed by atoms with van der Waals surface area (Å²) < 4.78 is 13.6. The van der Waals surface area contributed by atoms with Crippen molar-refractivity contribution in [3.8, 4) is 0 Å². The van der Waals surface area contributed by atoms with Crippen LogP contribution in [0, 0.1) is 11.7 Å². The standard InChI is InChI=1S/C14H19ClFN/c1-10(7-8-17-11-5-6-11)9-12-13(15)3-2-4-14(12)16/h2-4,10-11,17H,5-9H2,1H3. The quantitative estimate of drug-likeness (QED) is 0.815. The number of rotatable bonds is 6. The summed E-state index contributed by atoms with van der Waals surface area (Å²) in [5.74, 6) is 0.273. The molecule has 0 spiro atoms. The molecule has 0 bridgehead atoms. The van der Waals surface area contributed by atoms with E-state index < -0.39 is 0 Å². The van der Waals surface area contributed by atoms with Gasteiger partial charge in [0.1, 0.15) is 5.82 Å². The van der Waals surface area contributed by atoms with E-state index in [1.165, 1.54) is 18.9 Å². The summed E-state index contributed by atoms with van der Waals surface area (Å²) in [7, 11) is 0. The van der Waals surface area contributed by atoms with E-state index >= 15 is 0 Å². The molecule has 0 amide bonds. The van der Waals surface area contributed by atoms with E-state index in [4.69, 9.17) is 11.6 Å². The van der Waals surface area contributed by atoms with Gasteiger partial charge in [-0.05, 0) is 50.3 Å². The Labute approximate surface area is 107 Å². The Morgan fingerprint density at radius 2 is 2.24 bits per heavy atom. The number of nitrogens with one attached hydrogen (secondary N) is 1. The average molecular weight is 256 g/mol. The molecule has 0 heterocycles. The Morgan fingerprint density at radius 3 is 2.88 bits per heavy atom. The van der Waals surface area contributed by atoms with Crippen LogP contribution in [0.25, 0.3) is 0 Å². The van der Waals surface area contributed by atoms with Crippen LogP contribution in [-0.2, 0) is 6.42 Å². The van der Waals surface area contributed by atoms with Gasteiger partial charge in [0.25, 0.3) is 0 Å². The minimum atomic E-state index is -0.181. The summed E-state index contributed by atoms with van der Waals surface area (Å²) >= 11 is 6.01. The maximum absolute atomic E-state index is 13.6. The molecule has 1 unspecified atom stereocenters. The molecule has 1 saturated carbocycles. The van der Waals surface area contributed by atoms with Crippen LogP contribution in [0.2, 0.25) is 5.02 Å². The second-order valence-corrected chi connectivity index (χ2v) is 5.43. The third-order valence-electron chi connectivity index (χ3n) is 3.26. The van der Waals surface area contributed by atoms with Crippen molar-refractivity contribution in [2.75, 3.05) is 6.54 Å². The molecule has 1 aliphatic carbocycles. The topological polar surface area (TPSA) is 12.0 Å². The van der Waals surface area contributed by atoms with Crippen LogP contribution in [0.1, 0.15) is 31.7 Å². The lowest BCUT2D eigenvalue weighted by Gasteiger charge is -2.13. The van der Waals surface area contributed by atoms with Gasteiger partial charge < -0.3 is 5.32 Å². The number of halogens is 2. The highest BCUT2D eigenvalue weighted by Gasteiger charge is 2.20. The zero-order chi connectivity index (χ0) is 12.3. The predicted molar refractivity (Wildman–Crippen MR) is 69.9 cm³/mol. The molecule has 1 N–H and O–H groups in total. The lowest BCUT2D eigenvalue weighted by atomic mass is 9.97. The van der Waals surface area contributed by atoms with Crippen molar-refractivity contribution >= 4 is 11.6 Å². The van der Waals surface area contributed by atoms with Gasteiger partial charge in [-0.3, -0.25) is 0 Å². The van der Waals surface area contributed by atoms with Crippen molar-refractivity contribution in [2.24, 2.45) is 5.92 Å². The van der Waals surface area contributed by atoms with Crippen LogP contribution in [-0.4, -0.2) is 12.6 Å². The highest BCUT2D eigenvalue weighted by atomic mass is 35.5. The van der Waals surface area contributed by atoms with E-state index in [1.807, 2.05) is 0 Å². The molecular formula is C14H19ClFN. The van der Waals surface area contributed by atoms with Gasteiger partial charge in [0, 0.05) is 16.6 Å². The van der Waals surface area contributed by atoms with Gasteiger partial charge in [-0.25, -0.2) is 4.39 Å². The Hall–Kier alpha value is -0.600. The number of hydrogen-bond acceptors (Lipinski definition) is 1. The fraction of sp³-hybridized carbons (Fsp3) is 0.571. The monoisotopic (exact) mass is 255 g/mol. The molecule has 0 aromatic heterocycles. The Kier molecular flexibility index (Phi) is 4.41. The first kappa shape index (κ1) is 12.8. The largest absolute Gasteiger partial charge is 0.314 e. The van der Waals surface area contributed by atoms with Crippen molar-refractivity contribution < 1.29 is 4.39 Å². The lowest BCUT2D eigenvalue weighted by molar-refractivity contribution is 0.485. The number of benzene rings is 1. The molecule has 1 aromatic carbocycles. The predicted octanol–water partition coefficient (Wildman–Crippen LogP) is 3.80. The normalized spacial score (nSPS) is 17.1. The van der Waals surface area contributed by atoms with E-state index in [0.29, 0.717) is 16.5 Å². The van der Waals surface area contributed by atoms with Crippen LogP contribution in [0.15, 0.2) is 18.2 Å². The van der Waals surface area contributed by atoms with Crippen LogP contribution >= 0.6 is 11.6 Å². The van der Waals surface area contributed by atoms with Crippen LogP contribution in [0.4, 0.5) is 4.39 Å². The first-order valence-corrected chi connectivity index (χ1v) is 6.71. The van der Waals surface area contributed by atoms with Crippen LogP contribution < -0.4 is 5.32 Å². The van der Waals surface area contributed by atoms with Crippen molar-refractivity contribution in [2.45, 2.75) is 38.6 Å². The summed E-state index contributed by atoms with van der Waals surface area (Å²) in [4.78, 5) is 0. The van der Waals surface area contributed by atoms with Gasteiger partial charge in [0.15, 0.2) is 0 Å². The van der Waals surface area contributed by atoms with E-state index in [0.717, 1.165) is 25.4 Å². The van der Waals surface area contributed by atoms with E-state index in [1.54, 1.807) is 12.1 Å². The van der Waals surface area contributed by atoms with Gasteiger partial charge in [0.05, 0.1) is 0 Å². The third-order valence-corrected chi connectivity index (χ3v) is 3.62. The fourth-order valence-electron chi connectivity index (χ4n) is 2.00. The summed E-state index contributed by atoms with van der Waals surface area (Å²) in [6, 6.07) is 5.64. The van der Waals surface area contributed by atoms with Crippen molar-refractivity contribution in [1.82, 2.24) is 5.32 Å². The molecule has 0 saturated heterocycles. The van der Waals surface area contributed by atoms with Crippen LogP contribution in [0.3, 0.4) is 0 Å². The van der Waals surface area contributed by atoms with Crippen LogP contribution in [0.5, 0.6) is 0 Å². The van der Waals surface area contributed by atoms with Gasteiger partial charge in [-0.2, -0.15) is 0 Å². The molecule has 2 rings (SSSR count). The molecule has 3 heteroatoms. The minimum absolute atomic E-state index is 0.181. The molecule has 1 nitrogen and oxygen atoms in total. The second-order valence-electron chi connectivity index (χ2n) is 5.03. The van der Waals surface area contributed by atoms with E-state index in [9.17, 15) is 4.39 Å². The van der Waals surface area contributed by atoms with Crippen molar-refractivity contribution in [1.29, 1.82) is 0 Å². The molecular weight excluding hydrogens is 237 g/mol. The van der Waals surface area contributed by atoms with E-state index in [2.05, 4.69) is 12.2 Å². The summed E-state index contributed by atoms with van der Waals surface area (Å²) in [5, 5.41) is 4.02. The molecule has 1 fully saturated rings. The summed E-state index contributed by atoms with van der Waals surface area (Å²) in [6.07, 6.45) is 4.42. The van der Waals surface area contributed by atoms with Gasteiger partial charge in [-0.15, -0.1) is 0 Å². The summed E-state index contributed by atoms with van der Waals surface area (Å²) in [5.41, 5.74) is 0.660. The highest BCUT2D eigenvalue weighted by Crippen LogP contribution is 2.23. The molecule has 94 valence electrons. The molecule has 0 radical (unpaired) electrons. The third kappa shape index (κ3) is 3.97. The zero-order valence-corrected chi connectivity index (χ0v) is 10.9. The number of hydrogen-bond donors (Lipinski definition) is 1. The Bertz CT molecular complexity index is 356. The fourth-order valence-corrected chi connectivity index (χ4v) is 2.24. The SMILES string of the molecule is CC(CCNC1CC1)Cc1c(F)cccc1Cl. The van der Waals surface area contributed by atoms with Crippen molar-refractivity contribution in [3.05, 3.63) is 34.6 Å². The average Bonchev–Trinajstić information content (AvgIpc) is 3.08. The molecule has 1 atom stereocenters. The molecule has 0 aliphatic heterocycles. The van der Waals surface area contributed by atoms with E-state index in [-0.39, 0.29) is 5.82 Å². The molecule has 1 aliphatic rings. The lowest BCUT2D eigenvalue weighted by Crippen LogP contribution is -2.20. The highest BCUT2D eigenvalue weighted by molar-refractivity contribution is 6.31. The minimum Gasteiger partial charge on any atom is -0.314 e. The Balaban J connectivity index is 1.81. The maximum Gasteiger partial charge on any atom is 0.127 e. The maximum atomic E-state index is 13.6. The van der Waals surface area contributed by atoms with Crippen molar-refractivity contribution in [3.63, 3.8) is 0 Å². The zero-order valence-electron chi connectivity index (χ0n) is 10.2. The van der Waals surface area contributed by atoms with Gasteiger partial charge >= 0.3 is 0 Å². The smallest absolute Gasteiger partial charge is 0.127 e.